The average molecular weight is 644 g/mol. The second-order valence-electron chi connectivity index (χ2n) is 11.3. The highest BCUT2D eigenvalue weighted by molar-refractivity contribution is 6.35. The van der Waals surface area contributed by atoms with Crippen LogP contribution in [0.3, 0.4) is 0 Å². The number of nitrogens with one attached hydrogen (secondary N) is 4. The normalized spacial score (nSPS) is 15.0. The third-order valence-electron chi connectivity index (χ3n) is 7.75. The number of aromatic nitrogens is 3. The Bertz CT molecular complexity index is 1700. The van der Waals surface area contributed by atoms with Crippen LogP contribution in [-0.2, 0) is 17.9 Å². The van der Waals surface area contributed by atoms with Gasteiger partial charge in [-0.1, -0.05) is 35.9 Å². The molecule has 240 valence electrons. The Labute approximate surface area is 273 Å². The molecule has 4 aromatic rings. The highest BCUT2D eigenvalue weighted by Gasteiger charge is 2.21. The van der Waals surface area contributed by atoms with Crippen molar-refractivity contribution in [2.45, 2.75) is 51.9 Å². The summed E-state index contributed by atoms with van der Waals surface area (Å²) < 4.78 is 5.61. The number of anilines is 1. The van der Waals surface area contributed by atoms with E-state index >= 15 is 0 Å². The monoisotopic (exact) mass is 643 g/mol. The molecule has 0 unspecified atom stereocenters. The molecule has 1 saturated heterocycles. The molecule has 5 N–H and O–H groups in total. The summed E-state index contributed by atoms with van der Waals surface area (Å²) in [6.07, 6.45) is 4.28. The smallest absolute Gasteiger partial charge is 0.274 e. The Morgan fingerprint density at radius 1 is 1.11 bits per heavy atom. The van der Waals surface area contributed by atoms with Gasteiger partial charge in [0.25, 0.3) is 5.91 Å². The van der Waals surface area contributed by atoms with Gasteiger partial charge in [0.05, 0.1) is 29.6 Å². The molecule has 3 aromatic heterocycles. The zero-order chi connectivity index (χ0) is 32.6. The van der Waals surface area contributed by atoms with Crippen molar-refractivity contribution in [3.8, 4) is 28.4 Å². The number of halogens is 1. The molecule has 4 heterocycles. The summed E-state index contributed by atoms with van der Waals surface area (Å²) in [4.78, 5) is 38.2. The van der Waals surface area contributed by atoms with Gasteiger partial charge in [-0.25, -0.2) is 4.98 Å². The summed E-state index contributed by atoms with van der Waals surface area (Å²) >= 11 is 6.97. The minimum atomic E-state index is -0.441. The van der Waals surface area contributed by atoms with Crippen LogP contribution in [0.2, 0.25) is 5.02 Å². The first kappa shape index (κ1) is 33.0. The second-order valence-corrected chi connectivity index (χ2v) is 11.7. The maximum absolute atomic E-state index is 13.1. The average Bonchev–Trinajstić information content (AvgIpc) is 3.47. The fraction of sp³-hybridized carbons (Fsp3) is 0.324. The second kappa shape index (κ2) is 15.2. The molecule has 0 saturated carbocycles. The van der Waals surface area contributed by atoms with E-state index < -0.39 is 6.10 Å². The van der Waals surface area contributed by atoms with Crippen LogP contribution in [-0.4, -0.2) is 64.2 Å². The number of pyridine rings is 3. The molecule has 1 fully saturated rings. The van der Waals surface area contributed by atoms with Gasteiger partial charge in [0.15, 0.2) is 0 Å². The van der Waals surface area contributed by atoms with Gasteiger partial charge >= 0.3 is 0 Å². The lowest BCUT2D eigenvalue weighted by Gasteiger charge is -2.16. The fourth-order valence-electron chi connectivity index (χ4n) is 5.27. The van der Waals surface area contributed by atoms with Crippen molar-refractivity contribution in [3.05, 3.63) is 88.3 Å². The molecule has 0 aliphatic carbocycles. The molecule has 1 aliphatic heterocycles. The number of aliphatic hydroxyl groups is 1. The third kappa shape index (κ3) is 8.04. The minimum Gasteiger partial charge on any atom is -0.481 e. The zero-order valence-electron chi connectivity index (χ0n) is 26.1. The van der Waals surface area contributed by atoms with E-state index in [9.17, 15) is 14.7 Å². The first-order valence-corrected chi connectivity index (χ1v) is 15.5. The van der Waals surface area contributed by atoms with Crippen molar-refractivity contribution in [2.24, 2.45) is 0 Å². The molecule has 46 heavy (non-hydrogen) atoms. The molecule has 1 aromatic carbocycles. The lowest BCUT2D eigenvalue weighted by Crippen LogP contribution is -2.35. The van der Waals surface area contributed by atoms with Gasteiger partial charge < -0.3 is 31.1 Å². The van der Waals surface area contributed by atoms with Crippen LogP contribution in [0.4, 0.5) is 5.69 Å². The number of methoxy groups -OCH3 is 1. The topological polar surface area (TPSA) is 150 Å². The van der Waals surface area contributed by atoms with Crippen molar-refractivity contribution < 1.29 is 19.4 Å². The van der Waals surface area contributed by atoms with E-state index in [0.29, 0.717) is 66.1 Å². The van der Waals surface area contributed by atoms with E-state index in [1.807, 2.05) is 49.4 Å². The number of aliphatic hydroxyl groups excluding tert-OH is 1. The molecular weight excluding hydrogens is 606 g/mol. The predicted octanol–water partition coefficient (Wildman–Crippen LogP) is 4.27. The summed E-state index contributed by atoms with van der Waals surface area (Å²) in [5, 5.41) is 22.3. The number of benzene rings is 1. The van der Waals surface area contributed by atoms with Gasteiger partial charge in [0, 0.05) is 73.4 Å². The molecule has 0 radical (unpaired) electrons. The first-order chi connectivity index (χ1) is 22.2. The van der Waals surface area contributed by atoms with Gasteiger partial charge in [-0.2, -0.15) is 0 Å². The number of nitrogens with zero attached hydrogens (tertiary/aromatic N) is 3. The number of hydrogen-bond donors (Lipinski definition) is 5. The molecule has 0 bridgehead atoms. The van der Waals surface area contributed by atoms with E-state index in [4.69, 9.17) is 21.3 Å². The Morgan fingerprint density at radius 3 is 2.67 bits per heavy atom. The van der Waals surface area contributed by atoms with Crippen LogP contribution >= 0.6 is 11.6 Å². The van der Waals surface area contributed by atoms with Crippen molar-refractivity contribution in [2.75, 3.05) is 25.5 Å². The lowest BCUT2D eigenvalue weighted by atomic mass is 10.0. The van der Waals surface area contributed by atoms with Crippen LogP contribution in [0.15, 0.2) is 60.9 Å². The molecule has 2 amide bonds. The van der Waals surface area contributed by atoms with E-state index in [1.165, 1.54) is 0 Å². The molecule has 5 rings (SSSR count). The van der Waals surface area contributed by atoms with E-state index in [2.05, 4.69) is 31.2 Å². The Balaban J connectivity index is 1.30. The number of carbonyl (C=O) groups is 2. The van der Waals surface area contributed by atoms with E-state index in [0.717, 1.165) is 28.7 Å². The highest BCUT2D eigenvalue weighted by atomic mass is 35.5. The zero-order valence-corrected chi connectivity index (χ0v) is 26.8. The predicted molar refractivity (Wildman–Crippen MR) is 178 cm³/mol. The summed E-state index contributed by atoms with van der Waals surface area (Å²) in [6.45, 7) is 5.84. The summed E-state index contributed by atoms with van der Waals surface area (Å²) in [7, 11) is 1.58. The van der Waals surface area contributed by atoms with Crippen LogP contribution in [0.25, 0.3) is 22.5 Å². The van der Waals surface area contributed by atoms with Gasteiger partial charge in [-0.3, -0.25) is 19.6 Å². The van der Waals surface area contributed by atoms with Crippen LogP contribution in [0.1, 0.15) is 46.9 Å². The number of rotatable bonds is 13. The fourth-order valence-corrected chi connectivity index (χ4v) is 5.58. The van der Waals surface area contributed by atoms with Gasteiger partial charge in [-0.15, -0.1) is 0 Å². The van der Waals surface area contributed by atoms with E-state index in [1.54, 1.807) is 32.5 Å². The van der Waals surface area contributed by atoms with Crippen LogP contribution in [0, 0.1) is 6.92 Å². The summed E-state index contributed by atoms with van der Waals surface area (Å²) in [5.41, 5.74) is 6.15. The number of amides is 2. The van der Waals surface area contributed by atoms with E-state index in [-0.39, 0.29) is 23.6 Å². The number of ether oxygens (including phenoxy) is 1. The molecule has 1 aliphatic rings. The molecule has 11 nitrogen and oxygen atoms in total. The van der Waals surface area contributed by atoms with Crippen molar-refractivity contribution in [1.82, 2.24) is 30.9 Å². The highest BCUT2D eigenvalue weighted by Crippen LogP contribution is 2.38. The Morgan fingerprint density at radius 2 is 1.96 bits per heavy atom. The third-order valence-corrected chi connectivity index (χ3v) is 8.13. The molecule has 0 spiro atoms. The Hall–Kier alpha value is -4.42. The van der Waals surface area contributed by atoms with Gasteiger partial charge in [0.2, 0.25) is 11.8 Å². The summed E-state index contributed by atoms with van der Waals surface area (Å²) in [6, 6.07) is 14.9. The standard InChI is InChI=1S/C34H38ClN7O4/c1-20(43)15-36-16-22-7-10-29(39-17-22)33(45)41-27-6-4-5-25(21(27)2)32-31(35)26(13-14-38-32)28-11-8-23(34(42-28)46-3)18-37-19-24-9-12-30(44)40-24/h4-8,10-11,13-14,17,20,24,36-37,43H,9,12,15-16,18-19H2,1-3H3,(H,40,44)(H,41,45)/t20-,24+/m0/s1. The van der Waals surface area contributed by atoms with Crippen molar-refractivity contribution >= 4 is 29.1 Å². The lowest BCUT2D eigenvalue weighted by molar-refractivity contribution is -0.119. The van der Waals surface area contributed by atoms with Crippen LogP contribution in [0.5, 0.6) is 5.88 Å². The first-order valence-electron chi connectivity index (χ1n) is 15.2. The summed E-state index contributed by atoms with van der Waals surface area (Å²) in [5.74, 6) is 0.234. The molecule has 12 heteroatoms. The molecule has 2 atom stereocenters. The minimum absolute atomic E-state index is 0.0913. The van der Waals surface area contributed by atoms with Crippen LogP contribution < -0.4 is 26.0 Å². The van der Waals surface area contributed by atoms with Gasteiger partial charge in [-0.05, 0) is 55.7 Å². The van der Waals surface area contributed by atoms with Crippen molar-refractivity contribution in [3.63, 3.8) is 0 Å². The number of hydrogen-bond acceptors (Lipinski definition) is 9. The quantitative estimate of drug-likeness (QED) is 0.144. The Kier molecular flexibility index (Phi) is 10.9. The number of carbonyl (C=O) groups excluding carboxylic acids is 2. The maximum atomic E-state index is 13.1. The van der Waals surface area contributed by atoms with Crippen molar-refractivity contribution in [1.29, 1.82) is 0 Å². The SMILES string of the molecule is COc1nc(-c2ccnc(-c3cccc(NC(=O)c4ccc(CNC[C@H](C)O)cn4)c3C)c2Cl)ccc1CNC[C@H]1CCC(=O)N1. The maximum Gasteiger partial charge on any atom is 0.274 e. The largest absolute Gasteiger partial charge is 0.481 e. The molecular formula is C34H38ClN7O4. The van der Waals surface area contributed by atoms with Gasteiger partial charge in [0.1, 0.15) is 5.69 Å².